The minimum absolute atomic E-state index is 0.135. The first kappa shape index (κ1) is 17.2. The highest BCUT2D eigenvalue weighted by molar-refractivity contribution is 5.96. The molecule has 2 unspecified atom stereocenters. The van der Waals surface area contributed by atoms with E-state index in [0.29, 0.717) is 38.1 Å². The summed E-state index contributed by atoms with van der Waals surface area (Å²) in [6.07, 6.45) is 2.18. The number of hydrogen-bond acceptors (Lipinski definition) is 4. The summed E-state index contributed by atoms with van der Waals surface area (Å²) < 4.78 is 19.3. The highest BCUT2D eigenvalue weighted by Gasteiger charge is 2.33. The van der Waals surface area contributed by atoms with Crippen LogP contribution in [-0.2, 0) is 9.53 Å². The predicted molar refractivity (Wildman–Crippen MR) is 87.5 cm³/mol. The highest BCUT2D eigenvalue weighted by atomic mass is 19.1. The van der Waals surface area contributed by atoms with Crippen molar-refractivity contribution in [1.29, 1.82) is 0 Å². The number of anilines is 1. The molecule has 2 atom stereocenters. The molecule has 1 aromatic carbocycles. The molecule has 0 aromatic heterocycles. The molecule has 0 radical (unpaired) electrons. The molecule has 3 amide bonds. The molecule has 3 rings (SSSR count). The van der Waals surface area contributed by atoms with Crippen LogP contribution >= 0.6 is 0 Å². The second-order valence-corrected chi connectivity index (χ2v) is 6.30. The van der Waals surface area contributed by atoms with E-state index in [2.05, 4.69) is 5.32 Å². The maximum Gasteiger partial charge on any atom is 0.414 e. The molecule has 3 N–H and O–H groups in total. The largest absolute Gasteiger partial charge is 0.449 e. The van der Waals surface area contributed by atoms with Crippen LogP contribution < -0.4 is 16.0 Å². The van der Waals surface area contributed by atoms with Crippen molar-refractivity contribution in [3.63, 3.8) is 0 Å². The van der Waals surface area contributed by atoms with E-state index in [9.17, 15) is 18.8 Å². The average molecular weight is 349 g/mol. The predicted octanol–water partition coefficient (Wildman–Crippen LogP) is 1.56. The quantitative estimate of drug-likeness (QED) is 0.861. The second-order valence-electron chi connectivity index (χ2n) is 6.30. The third-order valence-corrected chi connectivity index (χ3v) is 4.68. The van der Waals surface area contributed by atoms with Crippen LogP contribution in [0.3, 0.4) is 0 Å². The maximum absolute atomic E-state index is 14.4. The van der Waals surface area contributed by atoms with Gasteiger partial charge in [0.25, 0.3) is 5.91 Å². The summed E-state index contributed by atoms with van der Waals surface area (Å²) in [4.78, 5) is 36.8. The minimum atomic E-state index is -0.734. The van der Waals surface area contributed by atoms with Gasteiger partial charge in [0.15, 0.2) is 0 Å². The van der Waals surface area contributed by atoms with Crippen molar-refractivity contribution in [2.24, 2.45) is 11.7 Å². The Bertz CT molecular complexity index is 709. The van der Waals surface area contributed by atoms with Crippen molar-refractivity contribution < 1.29 is 23.5 Å². The lowest BCUT2D eigenvalue weighted by Crippen LogP contribution is -2.42. The van der Waals surface area contributed by atoms with Gasteiger partial charge in [-0.05, 0) is 37.5 Å². The van der Waals surface area contributed by atoms with Gasteiger partial charge in [0, 0.05) is 18.3 Å². The third kappa shape index (κ3) is 3.57. The Kier molecular flexibility index (Phi) is 4.87. The molecular weight excluding hydrogens is 329 g/mol. The Morgan fingerprint density at radius 3 is 2.76 bits per heavy atom. The van der Waals surface area contributed by atoms with Crippen molar-refractivity contribution in [2.45, 2.75) is 31.7 Å². The van der Waals surface area contributed by atoms with Crippen molar-refractivity contribution >= 4 is 23.6 Å². The molecule has 1 aliphatic heterocycles. The van der Waals surface area contributed by atoms with E-state index < -0.39 is 29.6 Å². The number of primary amides is 1. The van der Waals surface area contributed by atoms with Crippen LogP contribution in [0.4, 0.5) is 14.9 Å². The number of halogens is 1. The number of carbonyl (C=O) groups excluding carboxylic acids is 3. The highest BCUT2D eigenvalue weighted by Crippen LogP contribution is 2.26. The average Bonchev–Trinajstić information content (AvgIpc) is 3.03. The molecule has 1 saturated carbocycles. The van der Waals surface area contributed by atoms with Crippen LogP contribution in [0, 0.1) is 11.7 Å². The number of amides is 3. The van der Waals surface area contributed by atoms with Gasteiger partial charge >= 0.3 is 6.09 Å². The first-order chi connectivity index (χ1) is 12.0. The molecule has 1 aromatic rings. The van der Waals surface area contributed by atoms with E-state index in [1.165, 1.54) is 17.0 Å². The molecule has 25 heavy (non-hydrogen) atoms. The Balaban J connectivity index is 1.73. The molecule has 8 heteroatoms. The zero-order valence-electron chi connectivity index (χ0n) is 13.7. The van der Waals surface area contributed by atoms with Gasteiger partial charge in [-0.15, -0.1) is 0 Å². The first-order valence-electron chi connectivity index (χ1n) is 8.31. The number of ether oxygens (including phenoxy) is 1. The van der Waals surface area contributed by atoms with Gasteiger partial charge in [0.1, 0.15) is 5.82 Å². The third-order valence-electron chi connectivity index (χ3n) is 4.68. The van der Waals surface area contributed by atoms with E-state index >= 15 is 0 Å². The van der Waals surface area contributed by atoms with Gasteiger partial charge in [0.05, 0.1) is 18.1 Å². The SMILES string of the molecule is NC(=O)C1CCCC1NC(=O)c1ccc(N2CCCOC2=O)cc1F. The lowest BCUT2D eigenvalue weighted by Gasteiger charge is -2.26. The molecule has 1 heterocycles. The summed E-state index contributed by atoms with van der Waals surface area (Å²) in [5.74, 6) is -2.21. The van der Waals surface area contributed by atoms with Crippen LogP contribution in [0.5, 0.6) is 0 Å². The monoisotopic (exact) mass is 349 g/mol. The summed E-state index contributed by atoms with van der Waals surface area (Å²) in [7, 11) is 0. The van der Waals surface area contributed by atoms with Gasteiger partial charge in [-0.2, -0.15) is 0 Å². The van der Waals surface area contributed by atoms with E-state index in [1.54, 1.807) is 0 Å². The molecular formula is C17H20FN3O4. The summed E-state index contributed by atoms with van der Waals surface area (Å²) >= 11 is 0. The van der Waals surface area contributed by atoms with Crippen molar-refractivity contribution in [3.8, 4) is 0 Å². The molecule has 1 aliphatic carbocycles. The van der Waals surface area contributed by atoms with Crippen molar-refractivity contribution in [3.05, 3.63) is 29.6 Å². The Hall–Kier alpha value is -2.64. The Morgan fingerprint density at radius 1 is 1.28 bits per heavy atom. The normalized spacial score (nSPS) is 23.2. The number of nitrogens with one attached hydrogen (secondary N) is 1. The topological polar surface area (TPSA) is 102 Å². The van der Waals surface area contributed by atoms with Crippen LogP contribution in [0.25, 0.3) is 0 Å². The van der Waals surface area contributed by atoms with E-state index in [4.69, 9.17) is 10.5 Å². The second kappa shape index (κ2) is 7.08. The van der Waals surface area contributed by atoms with Crippen LogP contribution in [0.15, 0.2) is 18.2 Å². The Labute approximate surface area is 144 Å². The van der Waals surface area contributed by atoms with Gasteiger partial charge in [-0.1, -0.05) is 6.42 Å². The number of carbonyl (C=O) groups is 3. The van der Waals surface area contributed by atoms with E-state index in [0.717, 1.165) is 12.5 Å². The molecule has 2 aliphatic rings. The molecule has 1 saturated heterocycles. The van der Waals surface area contributed by atoms with Gasteiger partial charge in [-0.25, -0.2) is 9.18 Å². The van der Waals surface area contributed by atoms with Crippen LogP contribution in [0.2, 0.25) is 0 Å². The summed E-state index contributed by atoms with van der Waals surface area (Å²) in [6, 6.07) is 3.60. The zero-order chi connectivity index (χ0) is 18.0. The maximum atomic E-state index is 14.4. The summed E-state index contributed by atoms with van der Waals surface area (Å²) in [5, 5.41) is 2.69. The molecule has 134 valence electrons. The van der Waals surface area contributed by atoms with Crippen LogP contribution in [0.1, 0.15) is 36.0 Å². The van der Waals surface area contributed by atoms with Gasteiger partial charge in [-0.3, -0.25) is 14.5 Å². The number of hydrogen-bond donors (Lipinski definition) is 2. The van der Waals surface area contributed by atoms with Crippen LogP contribution in [-0.4, -0.2) is 37.1 Å². The van der Waals surface area contributed by atoms with E-state index in [1.807, 2.05) is 0 Å². The molecule has 2 fully saturated rings. The first-order valence-corrected chi connectivity index (χ1v) is 8.31. The van der Waals surface area contributed by atoms with Gasteiger partial charge in [0.2, 0.25) is 5.91 Å². The van der Waals surface area contributed by atoms with Crippen molar-refractivity contribution in [2.75, 3.05) is 18.1 Å². The fourth-order valence-electron chi connectivity index (χ4n) is 3.36. The van der Waals surface area contributed by atoms with E-state index in [-0.39, 0.29) is 11.6 Å². The summed E-state index contributed by atoms with van der Waals surface area (Å²) in [6.45, 7) is 0.785. The number of cyclic esters (lactones) is 1. The van der Waals surface area contributed by atoms with Crippen molar-refractivity contribution in [1.82, 2.24) is 5.32 Å². The standard InChI is InChI=1S/C17H20FN3O4/c18-13-9-10(21-7-2-8-25-17(21)24)5-6-11(13)16(23)20-14-4-1-3-12(14)15(19)22/h5-6,9,12,14H,1-4,7-8H2,(H2,19,22)(H,20,23). The smallest absolute Gasteiger partial charge is 0.414 e. The lowest BCUT2D eigenvalue weighted by atomic mass is 10.0. The van der Waals surface area contributed by atoms with Gasteiger partial charge < -0.3 is 15.8 Å². The number of nitrogens with two attached hydrogens (primary N) is 1. The lowest BCUT2D eigenvalue weighted by molar-refractivity contribution is -0.122. The summed E-state index contributed by atoms with van der Waals surface area (Å²) in [5.41, 5.74) is 5.54. The fourth-order valence-corrected chi connectivity index (χ4v) is 3.36. The molecule has 0 bridgehead atoms. The fraction of sp³-hybridized carbons (Fsp3) is 0.471. The zero-order valence-corrected chi connectivity index (χ0v) is 13.7. The number of benzene rings is 1. The molecule has 0 spiro atoms. The number of rotatable bonds is 4. The molecule has 7 nitrogen and oxygen atoms in total. The minimum Gasteiger partial charge on any atom is -0.449 e. The number of nitrogens with zero attached hydrogens (tertiary/aromatic N) is 1. The Morgan fingerprint density at radius 2 is 2.08 bits per heavy atom.